The number of carboxylic acids is 1. The minimum absolute atomic E-state index is 0.0491. The Hall–Kier alpha value is -1.88. The van der Waals surface area contributed by atoms with Gasteiger partial charge in [-0.1, -0.05) is 18.2 Å². The Morgan fingerprint density at radius 3 is 2.56 bits per heavy atom. The summed E-state index contributed by atoms with van der Waals surface area (Å²) in [7, 11) is 0. The second kappa shape index (κ2) is 5.64. The first-order valence-electron chi connectivity index (χ1n) is 5.85. The van der Waals surface area contributed by atoms with Crippen LogP contribution in [0.4, 0.5) is 0 Å². The van der Waals surface area contributed by atoms with Crippen molar-refractivity contribution in [2.75, 3.05) is 26.3 Å². The lowest BCUT2D eigenvalue weighted by Gasteiger charge is -2.27. The van der Waals surface area contributed by atoms with Crippen LogP contribution in [0.1, 0.15) is 15.9 Å². The van der Waals surface area contributed by atoms with Crippen LogP contribution in [-0.2, 0) is 16.0 Å². The fourth-order valence-electron chi connectivity index (χ4n) is 1.97. The molecule has 1 heterocycles. The number of rotatable bonds is 3. The van der Waals surface area contributed by atoms with Gasteiger partial charge in [-0.25, -0.2) is 4.79 Å². The summed E-state index contributed by atoms with van der Waals surface area (Å²) in [5.74, 6) is -1.05. The van der Waals surface area contributed by atoms with Crippen molar-refractivity contribution in [2.45, 2.75) is 6.42 Å². The number of nitrogens with zero attached hydrogens (tertiary/aromatic N) is 1. The van der Waals surface area contributed by atoms with Crippen LogP contribution in [0.5, 0.6) is 0 Å². The summed E-state index contributed by atoms with van der Waals surface area (Å²) in [5.41, 5.74) is 0.751. The number of carboxylic acid groups (broad SMARTS) is 1. The van der Waals surface area contributed by atoms with Crippen LogP contribution >= 0.6 is 0 Å². The lowest BCUT2D eigenvalue weighted by Crippen LogP contribution is -2.41. The fraction of sp³-hybridized carbons (Fsp3) is 0.385. The second-order valence-electron chi connectivity index (χ2n) is 4.13. The molecule has 0 radical (unpaired) electrons. The second-order valence-corrected chi connectivity index (χ2v) is 4.13. The summed E-state index contributed by atoms with van der Waals surface area (Å²) in [5, 5.41) is 9.04. The number of benzene rings is 1. The molecule has 5 nitrogen and oxygen atoms in total. The van der Waals surface area contributed by atoms with Crippen molar-refractivity contribution in [2.24, 2.45) is 0 Å². The Kier molecular flexibility index (Phi) is 3.94. The van der Waals surface area contributed by atoms with Gasteiger partial charge in [-0.05, 0) is 11.6 Å². The predicted octanol–water partition coefficient (Wildman–Crippen LogP) is 0.786. The van der Waals surface area contributed by atoms with E-state index in [1.165, 1.54) is 6.07 Å². The Labute approximate surface area is 105 Å². The molecule has 96 valence electrons. The van der Waals surface area contributed by atoms with E-state index < -0.39 is 5.97 Å². The predicted molar refractivity (Wildman–Crippen MR) is 64.5 cm³/mol. The molecule has 0 unspecified atom stereocenters. The number of amides is 1. The molecule has 1 aromatic rings. The van der Waals surface area contributed by atoms with Crippen LogP contribution in [0.15, 0.2) is 24.3 Å². The molecule has 1 amide bonds. The zero-order chi connectivity index (χ0) is 13.0. The number of hydrogen-bond donors (Lipinski definition) is 1. The first-order chi connectivity index (χ1) is 8.68. The van der Waals surface area contributed by atoms with Gasteiger partial charge in [0, 0.05) is 13.1 Å². The molecule has 1 N–H and O–H groups in total. The molecular formula is C13H15NO4. The van der Waals surface area contributed by atoms with Gasteiger partial charge in [0.15, 0.2) is 0 Å². The van der Waals surface area contributed by atoms with Crippen LogP contribution in [-0.4, -0.2) is 48.2 Å². The summed E-state index contributed by atoms with van der Waals surface area (Å²) in [4.78, 5) is 24.8. The smallest absolute Gasteiger partial charge is 0.335 e. The molecule has 2 rings (SSSR count). The van der Waals surface area contributed by atoms with E-state index in [0.717, 1.165) is 0 Å². The van der Waals surface area contributed by atoms with E-state index in [-0.39, 0.29) is 17.9 Å². The van der Waals surface area contributed by atoms with Gasteiger partial charge in [-0.2, -0.15) is 0 Å². The molecule has 1 aromatic carbocycles. The standard InChI is InChI=1S/C13H15NO4/c15-12(14-5-7-18-8-6-14)9-10-3-1-2-4-11(10)13(16)17/h1-4H,5-9H2,(H,16,17). The maximum Gasteiger partial charge on any atom is 0.335 e. The molecule has 0 saturated carbocycles. The third kappa shape index (κ3) is 2.87. The van der Waals surface area contributed by atoms with Crippen molar-refractivity contribution in [3.8, 4) is 0 Å². The average Bonchev–Trinajstić information content (AvgIpc) is 2.40. The Morgan fingerprint density at radius 2 is 1.89 bits per heavy atom. The van der Waals surface area contributed by atoms with Crippen molar-refractivity contribution in [3.63, 3.8) is 0 Å². The maximum atomic E-state index is 12.0. The molecular weight excluding hydrogens is 234 g/mol. The quantitative estimate of drug-likeness (QED) is 0.860. The van der Waals surface area contributed by atoms with Crippen LogP contribution in [0, 0.1) is 0 Å². The highest BCUT2D eigenvalue weighted by Gasteiger charge is 2.19. The summed E-state index contributed by atoms with van der Waals surface area (Å²) in [6.07, 6.45) is 0.127. The third-order valence-electron chi connectivity index (χ3n) is 2.95. The molecule has 0 bridgehead atoms. The third-order valence-corrected chi connectivity index (χ3v) is 2.95. The minimum Gasteiger partial charge on any atom is -0.478 e. The minimum atomic E-state index is -1.000. The van der Waals surface area contributed by atoms with E-state index in [4.69, 9.17) is 9.84 Å². The van der Waals surface area contributed by atoms with Crippen molar-refractivity contribution in [3.05, 3.63) is 35.4 Å². The Balaban J connectivity index is 2.08. The van der Waals surface area contributed by atoms with Crippen molar-refractivity contribution >= 4 is 11.9 Å². The average molecular weight is 249 g/mol. The van der Waals surface area contributed by atoms with Gasteiger partial charge in [0.2, 0.25) is 5.91 Å². The van der Waals surface area contributed by atoms with Crippen LogP contribution in [0.3, 0.4) is 0 Å². The fourth-order valence-corrected chi connectivity index (χ4v) is 1.97. The highest BCUT2D eigenvalue weighted by atomic mass is 16.5. The van der Waals surface area contributed by atoms with Crippen LogP contribution in [0.25, 0.3) is 0 Å². The van der Waals surface area contributed by atoms with E-state index in [1.54, 1.807) is 23.1 Å². The molecule has 0 atom stereocenters. The number of aromatic carboxylic acids is 1. The number of ether oxygens (including phenoxy) is 1. The zero-order valence-electron chi connectivity index (χ0n) is 9.96. The van der Waals surface area contributed by atoms with Gasteiger partial charge < -0.3 is 14.7 Å². The lowest BCUT2D eigenvalue weighted by molar-refractivity contribution is -0.134. The van der Waals surface area contributed by atoms with E-state index in [1.807, 2.05) is 0 Å². The van der Waals surface area contributed by atoms with Gasteiger partial charge in [0.25, 0.3) is 0 Å². The molecule has 5 heteroatoms. The number of hydrogen-bond acceptors (Lipinski definition) is 3. The Bertz CT molecular complexity index is 452. The molecule has 0 spiro atoms. The normalized spacial score (nSPS) is 15.4. The van der Waals surface area contributed by atoms with Gasteiger partial charge in [0.1, 0.15) is 0 Å². The molecule has 0 aliphatic carbocycles. The van der Waals surface area contributed by atoms with Gasteiger partial charge in [0.05, 0.1) is 25.2 Å². The Morgan fingerprint density at radius 1 is 1.22 bits per heavy atom. The highest BCUT2D eigenvalue weighted by Crippen LogP contribution is 2.11. The first kappa shape index (κ1) is 12.6. The van der Waals surface area contributed by atoms with Crippen LogP contribution in [0.2, 0.25) is 0 Å². The van der Waals surface area contributed by atoms with Gasteiger partial charge in [-0.3, -0.25) is 4.79 Å². The lowest BCUT2D eigenvalue weighted by atomic mass is 10.0. The first-order valence-corrected chi connectivity index (χ1v) is 5.85. The highest BCUT2D eigenvalue weighted by molar-refractivity contribution is 5.91. The molecule has 0 aromatic heterocycles. The van der Waals surface area contributed by atoms with E-state index in [2.05, 4.69) is 0 Å². The molecule has 1 aliphatic heterocycles. The number of carbonyl (C=O) groups excluding carboxylic acids is 1. The topological polar surface area (TPSA) is 66.8 Å². The zero-order valence-corrected chi connectivity index (χ0v) is 9.96. The molecule has 18 heavy (non-hydrogen) atoms. The summed E-state index contributed by atoms with van der Waals surface area (Å²) in [6, 6.07) is 6.60. The van der Waals surface area contributed by atoms with Crippen molar-refractivity contribution < 1.29 is 19.4 Å². The molecule has 1 saturated heterocycles. The molecule has 1 aliphatic rings. The largest absolute Gasteiger partial charge is 0.478 e. The SMILES string of the molecule is O=C(O)c1ccccc1CC(=O)N1CCOCC1. The van der Waals surface area contributed by atoms with E-state index >= 15 is 0 Å². The monoisotopic (exact) mass is 249 g/mol. The summed E-state index contributed by atoms with van der Waals surface area (Å²) >= 11 is 0. The summed E-state index contributed by atoms with van der Waals surface area (Å²) < 4.78 is 5.17. The number of carbonyl (C=O) groups is 2. The maximum absolute atomic E-state index is 12.0. The van der Waals surface area contributed by atoms with Gasteiger partial charge in [-0.15, -0.1) is 0 Å². The van der Waals surface area contributed by atoms with Crippen molar-refractivity contribution in [1.82, 2.24) is 4.90 Å². The van der Waals surface area contributed by atoms with E-state index in [9.17, 15) is 9.59 Å². The summed E-state index contributed by atoms with van der Waals surface area (Å²) in [6.45, 7) is 2.25. The number of morpholine rings is 1. The molecule has 1 fully saturated rings. The van der Waals surface area contributed by atoms with E-state index in [0.29, 0.717) is 31.9 Å². The van der Waals surface area contributed by atoms with Crippen molar-refractivity contribution in [1.29, 1.82) is 0 Å². The van der Waals surface area contributed by atoms with Gasteiger partial charge >= 0.3 is 5.97 Å². The van der Waals surface area contributed by atoms with Crippen LogP contribution < -0.4 is 0 Å².